The minimum Gasteiger partial charge on any atom is -0.408 e. The van der Waals surface area contributed by atoms with Gasteiger partial charge in [0.1, 0.15) is 19.2 Å². The lowest BCUT2D eigenvalue weighted by Crippen LogP contribution is -2.46. The van der Waals surface area contributed by atoms with Crippen LogP contribution in [0.25, 0.3) is 0 Å². The topological polar surface area (TPSA) is 71.4 Å². The van der Waals surface area contributed by atoms with Crippen LogP contribution in [0.5, 0.6) is 0 Å². The molecule has 1 aromatic carbocycles. The summed E-state index contributed by atoms with van der Waals surface area (Å²) in [5.74, 6) is 0.0684. The monoisotopic (exact) mass is 315 g/mol. The van der Waals surface area contributed by atoms with Crippen LogP contribution in [0, 0.1) is 0 Å². The first-order valence-corrected chi connectivity index (χ1v) is 7.74. The number of aliphatic imine (C=N–C) groups is 1. The number of esters is 1. The highest BCUT2D eigenvalue weighted by molar-refractivity contribution is 5.99. The average molecular weight is 315 g/mol. The average Bonchev–Trinajstić information content (AvgIpc) is 3.35. The second-order valence-corrected chi connectivity index (χ2v) is 5.90. The third-order valence-corrected chi connectivity index (χ3v) is 4.31. The Labute approximate surface area is 133 Å². The first-order valence-electron chi connectivity index (χ1n) is 7.74. The Hall–Kier alpha value is -2.41. The fourth-order valence-electron chi connectivity index (χ4n) is 3.04. The van der Waals surface area contributed by atoms with Crippen molar-refractivity contribution >= 4 is 17.9 Å². The molecule has 1 aromatic rings. The number of piperidine rings is 1. The van der Waals surface area contributed by atoms with E-state index >= 15 is 0 Å². The maximum atomic E-state index is 12.5. The van der Waals surface area contributed by atoms with Crippen molar-refractivity contribution in [3.63, 3.8) is 0 Å². The quantitative estimate of drug-likeness (QED) is 0.786. The summed E-state index contributed by atoms with van der Waals surface area (Å²) in [5.41, 5.74) is 0.999. The van der Waals surface area contributed by atoms with Crippen LogP contribution in [0.15, 0.2) is 35.3 Å². The molecule has 3 heterocycles. The summed E-state index contributed by atoms with van der Waals surface area (Å²) in [6.07, 6.45) is 1.32. The Kier molecular flexibility index (Phi) is 3.49. The van der Waals surface area contributed by atoms with Crippen molar-refractivity contribution < 1.29 is 19.2 Å². The lowest BCUT2D eigenvalue weighted by Gasteiger charge is -2.27. The van der Waals surface area contributed by atoms with E-state index in [0.717, 1.165) is 12.0 Å². The Balaban J connectivity index is 1.40. The van der Waals surface area contributed by atoms with Gasteiger partial charge in [-0.3, -0.25) is 4.84 Å². The Bertz CT molecular complexity index is 661. The first kappa shape index (κ1) is 14.2. The van der Waals surface area contributed by atoms with Crippen LogP contribution in [-0.2, 0) is 21.0 Å². The van der Waals surface area contributed by atoms with Crippen LogP contribution in [0.2, 0.25) is 0 Å². The Morgan fingerprint density at radius 3 is 2.78 bits per heavy atom. The summed E-state index contributed by atoms with van der Waals surface area (Å²) in [5, 5.41) is 1.41. The Morgan fingerprint density at radius 2 is 2.04 bits per heavy atom. The zero-order chi connectivity index (χ0) is 15.8. The molecule has 0 aliphatic carbocycles. The predicted octanol–water partition coefficient (Wildman–Crippen LogP) is 1.34. The molecule has 0 N–H and O–H groups in total. The number of carbonyl (C=O) groups excluding carboxylic acids is 2. The number of hydroxylamine groups is 2. The molecule has 0 unspecified atom stereocenters. The number of fused-ring (bicyclic) bond motifs is 2. The molecule has 7 heteroatoms. The third-order valence-electron chi connectivity index (χ3n) is 4.31. The number of urea groups is 1. The van der Waals surface area contributed by atoms with E-state index in [1.165, 1.54) is 5.06 Å². The molecular formula is C16H17N3O4. The molecule has 0 aromatic heterocycles. The van der Waals surface area contributed by atoms with Gasteiger partial charge in [-0.05, 0) is 18.4 Å². The van der Waals surface area contributed by atoms with Gasteiger partial charge in [-0.15, -0.1) is 0 Å². The lowest BCUT2D eigenvalue weighted by atomic mass is 10.0. The van der Waals surface area contributed by atoms with Gasteiger partial charge in [-0.1, -0.05) is 30.3 Å². The maximum absolute atomic E-state index is 12.5. The SMILES string of the molecule is O=C(OC1=NC1)[C@@H]1CC[C@@H]2CN1C(=O)N2OCc1ccccc1. The summed E-state index contributed by atoms with van der Waals surface area (Å²) >= 11 is 0. The van der Waals surface area contributed by atoms with Gasteiger partial charge in [-0.25, -0.2) is 14.6 Å². The summed E-state index contributed by atoms with van der Waals surface area (Å²) in [6.45, 7) is 1.32. The van der Waals surface area contributed by atoms with E-state index in [1.807, 2.05) is 30.3 Å². The van der Waals surface area contributed by atoms with E-state index in [4.69, 9.17) is 9.57 Å². The van der Waals surface area contributed by atoms with Gasteiger partial charge in [0.2, 0.25) is 5.90 Å². The van der Waals surface area contributed by atoms with E-state index < -0.39 is 12.0 Å². The third kappa shape index (κ3) is 2.79. The molecule has 3 aliphatic rings. The Morgan fingerprint density at radius 1 is 1.26 bits per heavy atom. The normalized spacial score (nSPS) is 25.4. The van der Waals surface area contributed by atoms with Crippen molar-refractivity contribution in [3.8, 4) is 0 Å². The molecule has 7 nitrogen and oxygen atoms in total. The highest BCUT2D eigenvalue weighted by Gasteiger charge is 2.48. The molecule has 0 saturated carbocycles. The van der Waals surface area contributed by atoms with E-state index in [-0.39, 0.29) is 12.1 Å². The summed E-state index contributed by atoms with van der Waals surface area (Å²) < 4.78 is 5.12. The van der Waals surface area contributed by atoms with Gasteiger partial charge in [-0.2, -0.15) is 5.06 Å². The van der Waals surface area contributed by atoms with Crippen LogP contribution in [0.1, 0.15) is 18.4 Å². The van der Waals surface area contributed by atoms with Crippen LogP contribution >= 0.6 is 0 Å². The van der Waals surface area contributed by atoms with E-state index in [2.05, 4.69) is 4.99 Å². The molecule has 2 saturated heterocycles. The number of amides is 2. The maximum Gasteiger partial charge on any atom is 0.345 e. The standard InChI is InChI=1S/C16H17N3O4/c20-15(23-14-8-17-14)13-7-6-12-9-18(13)16(21)19(12)22-10-11-4-2-1-3-5-11/h1-5,12-13H,6-10H2/t12-,13+/m1/s1. The van der Waals surface area contributed by atoms with Crippen LogP contribution in [0.3, 0.4) is 0 Å². The van der Waals surface area contributed by atoms with Crippen LogP contribution in [-0.4, -0.2) is 53.0 Å². The highest BCUT2D eigenvalue weighted by Crippen LogP contribution is 2.31. The minimum absolute atomic E-state index is 0.00599. The number of benzene rings is 1. The van der Waals surface area contributed by atoms with E-state index in [0.29, 0.717) is 32.0 Å². The molecule has 0 radical (unpaired) electrons. The zero-order valence-electron chi connectivity index (χ0n) is 12.6. The van der Waals surface area contributed by atoms with Crippen molar-refractivity contribution in [1.29, 1.82) is 0 Å². The van der Waals surface area contributed by atoms with Gasteiger partial charge in [0.25, 0.3) is 0 Å². The van der Waals surface area contributed by atoms with Crippen molar-refractivity contribution in [3.05, 3.63) is 35.9 Å². The molecule has 2 amide bonds. The molecule has 2 bridgehead atoms. The van der Waals surface area contributed by atoms with Crippen LogP contribution in [0.4, 0.5) is 4.79 Å². The molecule has 2 fully saturated rings. The smallest absolute Gasteiger partial charge is 0.345 e. The van der Waals surface area contributed by atoms with Gasteiger partial charge in [0.15, 0.2) is 0 Å². The van der Waals surface area contributed by atoms with Gasteiger partial charge in [0, 0.05) is 6.54 Å². The van der Waals surface area contributed by atoms with E-state index in [9.17, 15) is 9.59 Å². The number of rotatable bonds is 4. The molecule has 23 heavy (non-hydrogen) atoms. The molecule has 120 valence electrons. The fourth-order valence-corrected chi connectivity index (χ4v) is 3.04. The number of hydrogen-bond donors (Lipinski definition) is 0. The predicted molar refractivity (Wildman–Crippen MR) is 80.4 cm³/mol. The molecule has 0 spiro atoms. The second-order valence-electron chi connectivity index (χ2n) is 5.90. The van der Waals surface area contributed by atoms with E-state index in [1.54, 1.807) is 4.90 Å². The van der Waals surface area contributed by atoms with Gasteiger partial charge >= 0.3 is 12.0 Å². The minimum atomic E-state index is -0.535. The van der Waals surface area contributed by atoms with Crippen molar-refractivity contribution in [2.45, 2.75) is 31.5 Å². The highest BCUT2D eigenvalue weighted by atomic mass is 16.7. The fraction of sp³-hybridized carbons (Fsp3) is 0.438. The largest absolute Gasteiger partial charge is 0.408 e. The van der Waals surface area contributed by atoms with Crippen molar-refractivity contribution in [2.75, 3.05) is 13.1 Å². The summed E-state index contributed by atoms with van der Waals surface area (Å²) in [4.78, 5) is 35.7. The number of carbonyl (C=O) groups is 2. The number of nitrogens with zero attached hydrogens (tertiary/aromatic N) is 3. The summed E-state index contributed by atoms with van der Waals surface area (Å²) in [7, 11) is 0. The number of ether oxygens (including phenoxy) is 1. The number of hydrogen-bond acceptors (Lipinski definition) is 5. The van der Waals surface area contributed by atoms with Crippen LogP contribution < -0.4 is 0 Å². The molecule has 2 atom stereocenters. The second kappa shape index (κ2) is 5.66. The lowest BCUT2D eigenvalue weighted by molar-refractivity contribution is -0.142. The van der Waals surface area contributed by atoms with Crippen molar-refractivity contribution in [2.24, 2.45) is 4.99 Å². The molecular weight excluding hydrogens is 298 g/mol. The van der Waals surface area contributed by atoms with Gasteiger partial charge in [0.05, 0.1) is 6.04 Å². The first-order chi connectivity index (χ1) is 11.2. The zero-order valence-corrected chi connectivity index (χ0v) is 12.6. The van der Waals surface area contributed by atoms with Gasteiger partial charge < -0.3 is 9.64 Å². The van der Waals surface area contributed by atoms with Crippen molar-refractivity contribution in [1.82, 2.24) is 9.96 Å². The molecule has 3 aliphatic heterocycles. The molecule has 4 rings (SSSR count). The summed E-state index contributed by atoms with van der Waals surface area (Å²) in [6, 6.07) is 8.89.